The average Bonchev–Trinajstić information content (AvgIpc) is 3.15. The van der Waals surface area contributed by atoms with Crippen molar-refractivity contribution < 1.29 is 18.4 Å². The number of alkyl halides is 2. The highest BCUT2D eigenvalue weighted by atomic mass is 32.2. The Morgan fingerprint density at radius 3 is 2.36 bits per heavy atom. The number of thiophene rings is 1. The van der Waals surface area contributed by atoms with E-state index >= 15 is 0 Å². The lowest BCUT2D eigenvalue weighted by molar-refractivity contribution is 0.0535. The molecule has 2 amide bonds. The van der Waals surface area contributed by atoms with E-state index in [0.29, 0.717) is 31.1 Å². The van der Waals surface area contributed by atoms with Crippen molar-refractivity contribution in [2.45, 2.75) is 10.8 Å². The maximum atomic E-state index is 12.6. The molecule has 3 rings (SSSR count). The number of pyridine rings is 1. The van der Waals surface area contributed by atoms with Crippen LogP contribution in [-0.2, 0) is 0 Å². The van der Waals surface area contributed by atoms with Gasteiger partial charge in [0, 0.05) is 32.4 Å². The van der Waals surface area contributed by atoms with Crippen LogP contribution in [0.25, 0.3) is 0 Å². The number of nitrogens with zero attached hydrogens (tertiary/aromatic N) is 3. The Bertz CT molecular complexity index is 748. The summed E-state index contributed by atoms with van der Waals surface area (Å²) in [5.41, 5.74) is 0.172. The molecular weight excluding hydrogens is 368 g/mol. The molecule has 0 radical (unpaired) electrons. The fraction of sp³-hybridized carbons (Fsp3) is 0.312. The van der Waals surface area contributed by atoms with E-state index in [0.717, 1.165) is 0 Å². The van der Waals surface area contributed by atoms with Gasteiger partial charge in [-0.1, -0.05) is 6.07 Å². The molecule has 1 fully saturated rings. The summed E-state index contributed by atoms with van der Waals surface area (Å²) in [5.74, 6) is -3.02. The van der Waals surface area contributed by atoms with Gasteiger partial charge in [-0.05, 0) is 35.3 Å². The molecule has 1 aliphatic heterocycles. The minimum absolute atomic E-state index is 0.0274. The van der Waals surface area contributed by atoms with Gasteiger partial charge >= 0.3 is 0 Å². The van der Waals surface area contributed by atoms with Crippen molar-refractivity contribution in [1.82, 2.24) is 14.8 Å². The van der Waals surface area contributed by atoms with Gasteiger partial charge in [0.25, 0.3) is 17.6 Å². The Balaban J connectivity index is 1.65. The molecular formula is C16H15F2N3O2S2. The zero-order chi connectivity index (χ0) is 17.8. The van der Waals surface area contributed by atoms with Crippen LogP contribution in [0.5, 0.6) is 0 Å². The molecule has 25 heavy (non-hydrogen) atoms. The lowest BCUT2D eigenvalue weighted by Gasteiger charge is -2.34. The third-order valence-electron chi connectivity index (χ3n) is 3.79. The summed E-state index contributed by atoms with van der Waals surface area (Å²) in [7, 11) is 0. The monoisotopic (exact) mass is 383 g/mol. The number of amides is 2. The van der Waals surface area contributed by atoms with Gasteiger partial charge in [0.2, 0.25) is 0 Å². The third-order valence-corrected chi connectivity index (χ3v) is 5.37. The van der Waals surface area contributed by atoms with Crippen LogP contribution in [-0.4, -0.2) is 58.5 Å². The highest BCUT2D eigenvalue weighted by molar-refractivity contribution is 7.99. The number of hydrogen-bond acceptors (Lipinski definition) is 5. The Hall–Kier alpha value is -2.00. The fourth-order valence-corrected chi connectivity index (χ4v) is 3.83. The largest absolute Gasteiger partial charge is 0.335 e. The molecule has 0 aliphatic carbocycles. The predicted molar refractivity (Wildman–Crippen MR) is 92.2 cm³/mol. The summed E-state index contributed by atoms with van der Waals surface area (Å²) in [6.07, 6.45) is 1.39. The molecule has 132 valence electrons. The maximum absolute atomic E-state index is 12.6. The molecule has 5 nitrogen and oxygen atoms in total. The first-order valence-electron chi connectivity index (χ1n) is 7.58. The summed E-state index contributed by atoms with van der Waals surface area (Å²) in [5, 5.41) is 1.87. The number of aromatic nitrogens is 1. The van der Waals surface area contributed by atoms with Gasteiger partial charge in [0.1, 0.15) is 5.03 Å². The quantitative estimate of drug-likeness (QED) is 0.762. The summed E-state index contributed by atoms with van der Waals surface area (Å²) in [4.78, 5) is 32.8. The van der Waals surface area contributed by atoms with Crippen LogP contribution in [0.15, 0.2) is 40.9 Å². The smallest absolute Gasteiger partial charge is 0.290 e. The molecule has 0 N–H and O–H groups in total. The van der Waals surface area contributed by atoms with Crippen molar-refractivity contribution in [3.63, 3.8) is 0 Å². The minimum atomic E-state index is -2.64. The van der Waals surface area contributed by atoms with Crippen molar-refractivity contribution >= 4 is 34.9 Å². The molecule has 3 heterocycles. The lowest BCUT2D eigenvalue weighted by Crippen LogP contribution is -2.50. The van der Waals surface area contributed by atoms with E-state index in [9.17, 15) is 18.4 Å². The van der Waals surface area contributed by atoms with Crippen LogP contribution < -0.4 is 0 Å². The first kappa shape index (κ1) is 17.8. The maximum Gasteiger partial charge on any atom is 0.290 e. The number of thioether (sulfide) groups is 1. The second-order valence-corrected chi connectivity index (χ2v) is 7.22. The van der Waals surface area contributed by atoms with E-state index in [4.69, 9.17) is 0 Å². The van der Waals surface area contributed by atoms with Crippen LogP contribution in [0, 0.1) is 0 Å². The van der Waals surface area contributed by atoms with Gasteiger partial charge in [-0.3, -0.25) is 9.59 Å². The van der Waals surface area contributed by atoms with Crippen LogP contribution in [0.2, 0.25) is 0 Å². The molecule has 0 saturated carbocycles. The molecule has 2 aromatic rings. The zero-order valence-electron chi connectivity index (χ0n) is 13.1. The zero-order valence-corrected chi connectivity index (χ0v) is 14.7. The number of piperazine rings is 1. The topological polar surface area (TPSA) is 53.5 Å². The van der Waals surface area contributed by atoms with Gasteiger partial charge in [-0.25, -0.2) is 4.98 Å². The summed E-state index contributed by atoms with van der Waals surface area (Å²) < 4.78 is 25.3. The normalized spacial score (nSPS) is 14.8. The summed E-state index contributed by atoms with van der Waals surface area (Å²) in [6.45, 7) is 1.56. The number of rotatable bonds is 4. The van der Waals surface area contributed by atoms with Crippen LogP contribution in [0.4, 0.5) is 8.78 Å². The lowest BCUT2D eigenvalue weighted by atomic mass is 10.2. The Labute approximate surface area is 151 Å². The molecule has 2 aromatic heterocycles. The van der Waals surface area contributed by atoms with E-state index in [-0.39, 0.29) is 34.2 Å². The first-order chi connectivity index (χ1) is 12.1. The molecule has 9 heteroatoms. The van der Waals surface area contributed by atoms with Crippen LogP contribution in [0.1, 0.15) is 20.0 Å². The van der Waals surface area contributed by atoms with Crippen molar-refractivity contribution in [1.29, 1.82) is 0 Å². The second kappa shape index (κ2) is 7.92. The Morgan fingerprint density at radius 1 is 1.08 bits per heavy atom. The van der Waals surface area contributed by atoms with Gasteiger partial charge in [-0.15, -0.1) is 11.3 Å². The highest BCUT2D eigenvalue weighted by Crippen LogP contribution is 2.27. The second-order valence-electron chi connectivity index (χ2n) is 5.30. The van der Waals surface area contributed by atoms with Gasteiger partial charge < -0.3 is 9.80 Å². The van der Waals surface area contributed by atoms with E-state index in [1.165, 1.54) is 23.6 Å². The molecule has 0 atom stereocenters. The van der Waals surface area contributed by atoms with Crippen molar-refractivity contribution in [3.05, 3.63) is 46.3 Å². The standard InChI is InChI=1S/C16H15F2N3O2S2/c17-16(18)25-13-11(3-1-5-19-13)14(22)20-6-8-21(9-7-20)15(23)12-4-2-10-24-12/h1-5,10,16H,6-9H2. The summed E-state index contributed by atoms with van der Waals surface area (Å²) in [6, 6.07) is 6.65. The van der Waals surface area contributed by atoms with E-state index in [2.05, 4.69) is 4.98 Å². The number of carbonyl (C=O) groups is 2. The van der Waals surface area contributed by atoms with Crippen molar-refractivity contribution in [3.8, 4) is 0 Å². The Kier molecular flexibility index (Phi) is 5.64. The number of halogens is 2. The number of hydrogen-bond donors (Lipinski definition) is 0. The van der Waals surface area contributed by atoms with Crippen LogP contribution in [0.3, 0.4) is 0 Å². The molecule has 0 aromatic carbocycles. The fourth-order valence-electron chi connectivity index (χ4n) is 2.57. The van der Waals surface area contributed by atoms with Gasteiger partial charge in [0.15, 0.2) is 0 Å². The van der Waals surface area contributed by atoms with Crippen LogP contribution >= 0.6 is 23.1 Å². The molecule has 0 spiro atoms. The average molecular weight is 383 g/mol. The minimum Gasteiger partial charge on any atom is -0.335 e. The van der Waals surface area contributed by atoms with E-state index in [1.807, 2.05) is 11.4 Å². The highest BCUT2D eigenvalue weighted by Gasteiger charge is 2.27. The van der Waals surface area contributed by atoms with Crippen molar-refractivity contribution in [2.75, 3.05) is 26.2 Å². The third kappa shape index (κ3) is 4.16. The van der Waals surface area contributed by atoms with E-state index < -0.39 is 5.76 Å². The molecule has 0 bridgehead atoms. The SMILES string of the molecule is O=C(c1cccs1)N1CCN(C(=O)c2cccnc2SC(F)F)CC1. The molecule has 1 saturated heterocycles. The number of carbonyl (C=O) groups excluding carboxylic acids is 2. The first-order valence-corrected chi connectivity index (χ1v) is 9.34. The van der Waals surface area contributed by atoms with Gasteiger partial charge in [-0.2, -0.15) is 8.78 Å². The van der Waals surface area contributed by atoms with Crippen molar-refractivity contribution in [2.24, 2.45) is 0 Å². The van der Waals surface area contributed by atoms with Gasteiger partial charge in [0.05, 0.1) is 10.4 Å². The molecule has 1 aliphatic rings. The molecule has 0 unspecified atom stereocenters. The van der Waals surface area contributed by atoms with E-state index in [1.54, 1.807) is 21.9 Å². The Morgan fingerprint density at radius 2 is 1.76 bits per heavy atom. The summed E-state index contributed by atoms with van der Waals surface area (Å²) >= 11 is 1.65. The predicted octanol–water partition coefficient (Wildman–Crippen LogP) is 3.06.